The Kier molecular flexibility index (Phi) is 2.26. The van der Waals surface area contributed by atoms with Crippen LogP contribution in [0.25, 0.3) is 0 Å². The lowest BCUT2D eigenvalue weighted by molar-refractivity contribution is -0.119. The van der Waals surface area contributed by atoms with Gasteiger partial charge in [0.05, 0.1) is 23.7 Å². The van der Waals surface area contributed by atoms with Crippen LogP contribution in [0.15, 0.2) is 36.0 Å². The number of carbonyl (C=O) groups is 2. The summed E-state index contributed by atoms with van der Waals surface area (Å²) in [7, 11) is 1.76. The number of anilines is 1. The van der Waals surface area contributed by atoms with E-state index >= 15 is 0 Å². The third-order valence-electron chi connectivity index (χ3n) is 3.46. The van der Waals surface area contributed by atoms with E-state index in [-0.39, 0.29) is 17.7 Å². The number of likely N-dealkylation sites (N-methyl/N-ethyl adjacent to an activating group) is 1. The van der Waals surface area contributed by atoms with Crippen LogP contribution in [-0.4, -0.2) is 30.3 Å². The monoisotopic (exact) mass is 242 g/mol. The van der Waals surface area contributed by atoms with E-state index in [1.807, 2.05) is 31.2 Å². The molecule has 1 aromatic rings. The Labute approximate surface area is 105 Å². The molecule has 4 heteroatoms. The molecule has 1 aromatic carbocycles. The number of amides is 2. The average Bonchev–Trinajstić information content (AvgIpc) is 2.58. The third kappa shape index (κ3) is 1.38. The molecule has 0 saturated carbocycles. The van der Waals surface area contributed by atoms with E-state index < -0.39 is 0 Å². The maximum atomic E-state index is 12.2. The molecule has 4 nitrogen and oxygen atoms in total. The quantitative estimate of drug-likeness (QED) is 0.694. The second-order valence-corrected chi connectivity index (χ2v) is 4.80. The lowest BCUT2D eigenvalue weighted by Crippen LogP contribution is -2.30. The van der Waals surface area contributed by atoms with Gasteiger partial charge in [-0.15, -0.1) is 0 Å². The zero-order valence-electron chi connectivity index (χ0n) is 10.4. The molecule has 0 radical (unpaired) electrons. The maximum absolute atomic E-state index is 12.2. The molecule has 0 bridgehead atoms. The first-order chi connectivity index (χ1) is 8.59. The molecular weight excluding hydrogens is 228 g/mol. The molecule has 0 spiro atoms. The molecule has 18 heavy (non-hydrogen) atoms. The first-order valence-electron chi connectivity index (χ1n) is 5.99. The summed E-state index contributed by atoms with van der Waals surface area (Å²) in [5.41, 5.74) is 2.19. The van der Waals surface area contributed by atoms with Crippen molar-refractivity contribution >= 4 is 17.5 Å². The molecule has 2 aliphatic rings. The van der Waals surface area contributed by atoms with Gasteiger partial charge in [-0.05, 0) is 19.1 Å². The second kappa shape index (κ2) is 3.70. The topological polar surface area (TPSA) is 40.6 Å². The normalized spacial score (nSPS) is 22.6. The summed E-state index contributed by atoms with van der Waals surface area (Å²) in [6, 6.07) is 7.28. The first kappa shape index (κ1) is 11.0. The first-order valence-corrected chi connectivity index (χ1v) is 5.99. The molecule has 0 fully saturated rings. The maximum Gasteiger partial charge on any atom is 0.256 e. The highest BCUT2D eigenvalue weighted by Crippen LogP contribution is 2.34. The number of hydrogen-bond acceptors (Lipinski definition) is 2. The van der Waals surface area contributed by atoms with E-state index in [0.29, 0.717) is 17.8 Å². The predicted octanol–water partition coefficient (Wildman–Crippen LogP) is 1.64. The zero-order chi connectivity index (χ0) is 12.9. The summed E-state index contributed by atoms with van der Waals surface area (Å²) >= 11 is 0. The number of para-hydroxylation sites is 1. The molecule has 92 valence electrons. The number of hydrogen-bond donors (Lipinski definition) is 0. The minimum absolute atomic E-state index is 0.0404. The number of nitrogens with zero attached hydrogens (tertiary/aromatic N) is 2. The lowest BCUT2D eigenvalue weighted by Gasteiger charge is -2.20. The van der Waals surface area contributed by atoms with Gasteiger partial charge in [0.1, 0.15) is 0 Å². The predicted molar refractivity (Wildman–Crippen MR) is 68.1 cm³/mol. The van der Waals surface area contributed by atoms with E-state index in [1.54, 1.807) is 22.9 Å². The molecule has 0 aliphatic carbocycles. The van der Waals surface area contributed by atoms with Crippen LogP contribution in [0.5, 0.6) is 0 Å². The van der Waals surface area contributed by atoms with Crippen molar-refractivity contribution in [3.8, 4) is 0 Å². The number of carbonyl (C=O) groups excluding carboxylic acids is 2. The van der Waals surface area contributed by atoms with Gasteiger partial charge in [-0.1, -0.05) is 18.2 Å². The van der Waals surface area contributed by atoms with Gasteiger partial charge in [0.2, 0.25) is 5.91 Å². The summed E-state index contributed by atoms with van der Waals surface area (Å²) in [6.07, 6.45) is 1.94. The van der Waals surface area contributed by atoms with E-state index in [0.717, 1.165) is 5.70 Å². The highest BCUT2D eigenvalue weighted by atomic mass is 16.2. The van der Waals surface area contributed by atoms with Crippen molar-refractivity contribution in [2.75, 3.05) is 18.5 Å². The van der Waals surface area contributed by atoms with Crippen LogP contribution < -0.4 is 4.90 Å². The van der Waals surface area contributed by atoms with Crippen LogP contribution in [0.3, 0.4) is 0 Å². The largest absolute Gasteiger partial charge is 0.336 e. The second-order valence-electron chi connectivity index (χ2n) is 4.80. The van der Waals surface area contributed by atoms with Gasteiger partial charge < -0.3 is 4.90 Å². The van der Waals surface area contributed by atoms with Gasteiger partial charge in [-0.25, -0.2) is 0 Å². The fourth-order valence-electron chi connectivity index (χ4n) is 2.55. The highest BCUT2D eigenvalue weighted by Gasteiger charge is 2.36. The molecule has 1 atom stereocenters. The van der Waals surface area contributed by atoms with E-state index in [2.05, 4.69) is 0 Å². The summed E-state index contributed by atoms with van der Waals surface area (Å²) in [5.74, 6) is -0.114. The van der Waals surface area contributed by atoms with E-state index in [4.69, 9.17) is 0 Å². The van der Waals surface area contributed by atoms with Gasteiger partial charge >= 0.3 is 0 Å². The van der Waals surface area contributed by atoms with E-state index in [9.17, 15) is 9.59 Å². The van der Waals surface area contributed by atoms with E-state index in [1.165, 1.54) is 0 Å². The molecule has 1 unspecified atom stereocenters. The molecule has 0 saturated heterocycles. The Morgan fingerprint density at radius 1 is 1.22 bits per heavy atom. The van der Waals surface area contributed by atoms with Crippen molar-refractivity contribution in [1.82, 2.24) is 4.90 Å². The summed E-state index contributed by atoms with van der Waals surface area (Å²) in [5, 5.41) is 0. The number of fused-ring (bicyclic) bond motifs is 3. The fourth-order valence-corrected chi connectivity index (χ4v) is 2.55. The Bertz CT molecular complexity index is 577. The Morgan fingerprint density at radius 2 is 1.94 bits per heavy atom. The SMILES string of the molecule is CC1C=C2CN(C)C(=O)c3ccccc3N2C1=O. The fraction of sp³-hybridized carbons (Fsp3) is 0.286. The number of rotatable bonds is 0. The Hall–Kier alpha value is -2.10. The molecule has 2 amide bonds. The number of benzene rings is 1. The van der Waals surface area contributed by atoms with Crippen molar-refractivity contribution in [3.05, 3.63) is 41.6 Å². The molecule has 0 aromatic heterocycles. The average molecular weight is 242 g/mol. The molecule has 3 rings (SSSR count). The van der Waals surface area contributed by atoms with Gasteiger partial charge in [-0.2, -0.15) is 0 Å². The minimum Gasteiger partial charge on any atom is -0.336 e. The molecular formula is C14H14N2O2. The lowest BCUT2D eigenvalue weighted by atomic mass is 10.1. The van der Waals surface area contributed by atoms with Crippen molar-refractivity contribution in [2.24, 2.45) is 5.92 Å². The smallest absolute Gasteiger partial charge is 0.256 e. The summed E-state index contributed by atoms with van der Waals surface area (Å²) < 4.78 is 0. The van der Waals surface area contributed by atoms with Crippen LogP contribution in [0, 0.1) is 5.92 Å². The van der Waals surface area contributed by atoms with Crippen LogP contribution in [-0.2, 0) is 4.79 Å². The van der Waals surface area contributed by atoms with Gasteiger partial charge in [0.25, 0.3) is 5.91 Å². The standard InChI is InChI=1S/C14H14N2O2/c1-9-7-10-8-15(2)14(18)11-5-3-4-6-12(11)16(10)13(9)17/h3-7,9H,8H2,1-2H3. The third-order valence-corrected chi connectivity index (χ3v) is 3.46. The van der Waals surface area contributed by atoms with Crippen molar-refractivity contribution in [3.63, 3.8) is 0 Å². The zero-order valence-corrected chi connectivity index (χ0v) is 10.4. The van der Waals surface area contributed by atoms with Gasteiger partial charge in [0.15, 0.2) is 0 Å². The molecule has 0 N–H and O–H groups in total. The van der Waals surface area contributed by atoms with Crippen molar-refractivity contribution < 1.29 is 9.59 Å². The van der Waals surface area contributed by atoms with Gasteiger partial charge in [-0.3, -0.25) is 14.5 Å². The Morgan fingerprint density at radius 3 is 2.72 bits per heavy atom. The van der Waals surface area contributed by atoms with Crippen LogP contribution in [0.4, 0.5) is 5.69 Å². The van der Waals surface area contributed by atoms with Gasteiger partial charge in [0, 0.05) is 12.7 Å². The minimum atomic E-state index is -0.116. The highest BCUT2D eigenvalue weighted by molar-refractivity contribution is 6.10. The molecule has 2 heterocycles. The van der Waals surface area contributed by atoms with Crippen molar-refractivity contribution in [1.29, 1.82) is 0 Å². The van der Waals surface area contributed by atoms with Crippen molar-refractivity contribution in [2.45, 2.75) is 6.92 Å². The van der Waals surface area contributed by atoms with Crippen LogP contribution in [0.2, 0.25) is 0 Å². The summed E-state index contributed by atoms with van der Waals surface area (Å²) in [6.45, 7) is 2.36. The molecule has 2 aliphatic heterocycles. The Balaban J connectivity index is 2.22. The van der Waals surface area contributed by atoms with Crippen LogP contribution >= 0.6 is 0 Å². The summed E-state index contributed by atoms with van der Waals surface area (Å²) in [4.78, 5) is 27.8. The van der Waals surface area contributed by atoms with Crippen LogP contribution in [0.1, 0.15) is 17.3 Å².